The van der Waals surface area contributed by atoms with Crippen molar-refractivity contribution in [2.24, 2.45) is 5.41 Å². The number of hydrogen-bond donors (Lipinski definition) is 1. The van der Waals surface area contributed by atoms with E-state index in [1.165, 1.54) is 0 Å². The van der Waals surface area contributed by atoms with Gasteiger partial charge in [0.2, 0.25) is 0 Å². The molecule has 1 atom stereocenters. The highest BCUT2D eigenvalue weighted by atomic mass is 16.3. The molecule has 1 heteroatoms. The predicted molar refractivity (Wildman–Crippen MR) is 63.2 cm³/mol. The van der Waals surface area contributed by atoms with Crippen LogP contribution in [0.4, 0.5) is 0 Å². The highest BCUT2D eigenvalue weighted by Gasteiger charge is 2.19. The molecule has 1 rings (SSSR count). The second-order valence-corrected chi connectivity index (χ2v) is 4.94. The normalized spacial score (nSPS) is 15.0. The van der Waals surface area contributed by atoms with Crippen LogP contribution in [0.5, 0.6) is 0 Å². The zero-order valence-electron chi connectivity index (χ0n) is 9.83. The molecule has 1 aromatic rings. The maximum absolute atomic E-state index is 10.2. The van der Waals surface area contributed by atoms with Crippen molar-refractivity contribution in [3.8, 4) is 11.8 Å². The first kappa shape index (κ1) is 11.8. The highest BCUT2D eigenvalue weighted by molar-refractivity contribution is 5.31. The second kappa shape index (κ2) is 4.08. The Morgan fingerprint density at radius 2 is 1.47 bits per heavy atom. The first-order chi connectivity index (χ1) is 6.81. The summed E-state index contributed by atoms with van der Waals surface area (Å²) < 4.78 is 0. The van der Waals surface area contributed by atoms with Crippen molar-refractivity contribution in [1.82, 2.24) is 0 Å². The molecule has 0 radical (unpaired) electrons. The van der Waals surface area contributed by atoms with Crippen LogP contribution in [0.2, 0.25) is 0 Å². The molecule has 0 aromatic heterocycles. The molecule has 0 heterocycles. The fourth-order valence-electron chi connectivity index (χ4n) is 1.14. The Bertz CT molecular complexity index is 371. The van der Waals surface area contributed by atoms with Crippen molar-refractivity contribution in [3.05, 3.63) is 35.9 Å². The molecule has 0 amide bonds. The van der Waals surface area contributed by atoms with E-state index < -0.39 is 5.60 Å². The van der Waals surface area contributed by atoms with E-state index in [0.29, 0.717) is 0 Å². The Morgan fingerprint density at radius 3 is 1.93 bits per heavy atom. The van der Waals surface area contributed by atoms with E-state index in [2.05, 4.69) is 11.8 Å². The van der Waals surface area contributed by atoms with E-state index in [9.17, 15) is 5.11 Å². The van der Waals surface area contributed by atoms with E-state index in [1.807, 2.05) is 51.1 Å². The second-order valence-electron chi connectivity index (χ2n) is 4.94. The molecule has 0 aliphatic rings. The summed E-state index contributed by atoms with van der Waals surface area (Å²) in [5.41, 5.74) is -0.311. The monoisotopic (exact) mass is 202 g/mol. The van der Waals surface area contributed by atoms with Gasteiger partial charge < -0.3 is 5.11 Å². The van der Waals surface area contributed by atoms with Gasteiger partial charge in [0.05, 0.1) is 0 Å². The summed E-state index contributed by atoms with van der Waals surface area (Å²) >= 11 is 0. The van der Waals surface area contributed by atoms with E-state index >= 15 is 0 Å². The van der Waals surface area contributed by atoms with E-state index in [1.54, 1.807) is 6.92 Å². The van der Waals surface area contributed by atoms with Crippen molar-refractivity contribution in [2.75, 3.05) is 0 Å². The van der Waals surface area contributed by atoms with Crippen LogP contribution in [0.15, 0.2) is 30.3 Å². The quantitative estimate of drug-likeness (QED) is 0.694. The lowest BCUT2D eigenvalue weighted by atomic mass is 9.92. The SMILES string of the molecule is CC(C)(C)C#C[C@](C)(O)c1ccccc1. The van der Waals surface area contributed by atoms with Crippen LogP contribution in [0.25, 0.3) is 0 Å². The van der Waals surface area contributed by atoms with Crippen molar-refractivity contribution in [2.45, 2.75) is 33.3 Å². The lowest BCUT2D eigenvalue weighted by Crippen LogP contribution is -2.19. The Balaban J connectivity index is 2.98. The molecule has 0 aliphatic heterocycles. The van der Waals surface area contributed by atoms with Crippen LogP contribution in [0.3, 0.4) is 0 Å². The molecule has 0 saturated carbocycles. The van der Waals surface area contributed by atoms with Crippen LogP contribution < -0.4 is 0 Å². The first-order valence-corrected chi connectivity index (χ1v) is 5.13. The minimum absolute atomic E-state index is 0.0846. The summed E-state index contributed by atoms with van der Waals surface area (Å²) in [6, 6.07) is 9.51. The molecule has 15 heavy (non-hydrogen) atoms. The lowest BCUT2D eigenvalue weighted by molar-refractivity contribution is 0.121. The number of hydrogen-bond acceptors (Lipinski definition) is 1. The van der Waals surface area contributed by atoms with Gasteiger partial charge in [-0.05, 0) is 33.3 Å². The summed E-state index contributed by atoms with van der Waals surface area (Å²) in [5.74, 6) is 5.98. The van der Waals surface area contributed by atoms with Gasteiger partial charge in [0.15, 0.2) is 0 Å². The molecule has 1 aromatic carbocycles. The van der Waals surface area contributed by atoms with Crippen LogP contribution in [0.1, 0.15) is 33.3 Å². The zero-order valence-corrected chi connectivity index (χ0v) is 9.83. The molecule has 0 fully saturated rings. The van der Waals surface area contributed by atoms with Crippen molar-refractivity contribution >= 4 is 0 Å². The van der Waals surface area contributed by atoms with Gasteiger partial charge in [-0.3, -0.25) is 0 Å². The Labute approximate surface area is 92.1 Å². The molecule has 0 aliphatic carbocycles. The number of benzene rings is 1. The molecular formula is C14H18O. The first-order valence-electron chi connectivity index (χ1n) is 5.13. The van der Waals surface area contributed by atoms with E-state index in [4.69, 9.17) is 0 Å². The Morgan fingerprint density at radius 1 is 0.933 bits per heavy atom. The van der Waals surface area contributed by atoms with Gasteiger partial charge in [0.25, 0.3) is 0 Å². The third kappa shape index (κ3) is 3.77. The molecule has 1 nitrogen and oxygen atoms in total. The minimum atomic E-state index is -1.06. The predicted octanol–water partition coefficient (Wildman–Crippen LogP) is 2.94. The Kier molecular flexibility index (Phi) is 3.21. The van der Waals surface area contributed by atoms with Crippen LogP contribution in [0, 0.1) is 17.3 Å². The van der Waals surface area contributed by atoms with Gasteiger partial charge in [-0.25, -0.2) is 0 Å². The molecule has 0 spiro atoms. The highest BCUT2D eigenvalue weighted by Crippen LogP contribution is 2.20. The van der Waals surface area contributed by atoms with Gasteiger partial charge in [0.1, 0.15) is 5.60 Å². The summed E-state index contributed by atoms with van der Waals surface area (Å²) in [6.45, 7) is 7.81. The number of aliphatic hydroxyl groups is 1. The maximum Gasteiger partial charge on any atom is 0.148 e. The van der Waals surface area contributed by atoms with Crippen molar-refractivity contribution < 1.29 is 5.11 Å². The van der Waals surface area contributed by atoms with Gasteiger partial charge in [0, 0.05) is 5.41 Å². The standard InChI is InChI=1S/C14H18O/c1-13(2,3)10-11-14(4,15)12-8-6-5-7-9-12/h5-9,15H,1-4H3/t14-/m0/s1. The van der Waals surface area contributed by atoms with Crippen LogP contribution in [-0.2, 0) is 5.60 Å². The summed E-state index contributed by atoms with van der Waals surface area (Å²) in [6.07, 6.45) is 0. The third-order valence-electron chi connectivity index (χ3n) is 2.02. The van der Waals surface area contributed by atoms with Crippen molar-refractivity contribution in [1.29, 1.82) is 0 Å². The summed E-state index contributed by atoms with van der Waals surface area (Å²) in [7, 11) is 0. The number of rotatable bonds is 1. The van der Waals surface area contributed by atoms with Gasteiger partial charge in [-0.2, -0.15) is 0 Å². The fraction of sp³-hybridized carbons (Fsp3) is 0.429. The van der Waals surface area contributed by atoms with Gasteiger partial charge >= 0.3 is 0 Å². The third-order valence-corrected chi connectivity index (χ3v) is 2.02. The van der Waals surface area contributed by atoms with Gasteiger partial charge in [-0.1, -0.05) is 42.2 Å². The smallest absolute Gasteiger partial charge is 0.148 e. The van der Waals surface area contributed by atoms with E-state index in [0.717, 1.165) is 5.56 Å². The molecule has 0 bridgehead atoms. The average molecular weight is 202 g/mol. The zero-order chi connectivity index (χ0) is 11.5. The fourth-order valence-corrected chi connectivity index (χ4v) is 1.14. The molecular weight excluding hydrogens is 184 g/mol. The van der Waals surface area contributed by atoms with E-state index in [-0.39, 0.29) is 5.41 Å². The van der Waals surface area contributed by atoms with Gasteiger partial charge in [-0.15, -0.1) is 0 Å². The molecule has 0 saturated heterocycles. The minimum Gasteiger partial charge on any atom is -0.374 e. The summed E-state index contributed by atoms with van der Waals surface area (Å²) in [4.78, 5) is 0. The van der Waals surface area contributed by atoms with Crippen LogP contribution >= 0.6 is 0 Å². The molecule has 80 valence electrons. The topological polar surface area (TPSA) is 20.2 Å². The largest absolute Gasteiger partial charge is 0.374 e. The van der Waals surface area contributed by atoms with Crippen LogP contribution in [-0.4, -0.2) is 5.11 Å². The summed E-state index contributed by atoms with van der Waals surface area (Å²) in [5, 5.41) is 10.2. The van der Waals surface area contributed by atoms with Crippen molar-refractivity contribution in [3.63, 3.8) is 0 Å². The lowest BCUT2D eigenvalue weighted by Gasteiger charge is -2.18. The molecule has 0 unspecified atom stereocenters. The maximum atomic E-state index is 10.2. The molecule has 1 N–H and O–H groups in total. The Hall–Kier alpha value is -1.26. The average Bonchev–Trinajstić information content (AvgIpc) is 2.16.